The fraction of sp³-hybridized carbons (Fsp3) is 0.391. The number of aryl methyl sites for hydroxylation is 1. The molecule has 29 heavy (non-hydrogen) atoms. The third-order valence-electron chi connectivity index (χ3n) is 5.34. The molecule has 2 aromatic rings. The van der Waals surface area contributed by atoms with Crippen molar-refractivity contribution in [2.24, 2.45) is 5.92 Å². The van der Waals surface area contributed by atoms with Crippen LogP contribution >= 0.6 is 0 Å². The van der Waals surface area contributed by atoms with Gasteiger partial charge in [-0.2, -0.15) is 0 Å². The van der Waals surface area contributed by atoms with E-state index >= 15 is 0 Å². The van der Waals surface area contributed by atoms with E-state index in [9.17, 15) is 9.59 Å². The number of methoxy groups -OCH3 is 2. The van der Waals surface area contributed by atoms with Crippen LogP contribution in [0.1, 0.15) is 24.8 Å². The van der Waals surface area contributed by atoms with Gasteiger partial charge < -0.3 is 19.7 Å². The highest BCUT2D eigenvalue weighted by molar-refractivity contribution is 5.92. The van der Waals surface area contributed by atoms with E-state index in [1.807, 2.05) is 53.4 Å². The number of ether oxygens (including phenoxy) is 2. The number of para-hydroxylation sites is 1. The van der Waals surface area contributed by atoms with Crippen molar-refractivity contribution in [2.75, 3.05) is 32.6 Å². The standard InChI is InChI=1S/C23H28N2O4/c1-28-20-10-8-17(16-21(20)29-2)9-11-22(26)25-14-12-18(13-15-25)23(27)24-19-6-4-3-5-7-19/h3-8,10,16,18H,9,11-15H2,1-2H3,(H,24,27). The first-order valence-corrected chi connectivity index (χ1v) is 9.95. The number of anilines is 1. The number of carbonyl (C=O) groups excluding carboxylic acids is 2. The van der Waals surface area contributed by atoms with Crippen LogP contribution in [-0.2, 0) is 16.0 Å². The molecule has 6 nitrogen and oxygen atoms in total. The Kier molecular flexibility index (Phi) is 7.11. The molecule has 0 radical (unpaired) electrons. The van der Waals surface area contributed by atoms with Gasteiger partial charge in [-0.1, -0.05) is 24.3 Å². The van der Waals surface area contributed by atoms with E-state index in [1.54, 1.807) is 14.2 Å². The summed E-state index contributed by atoms with van der Waals surface area (Å²) in [5.74, 6) is 1.46. The van der Waals surface area contributed by atoms with Crippen molar-refractivity contribution in [2.45, 2.75) is 25.7 Å². The lowest BCUT2D eigenvalue weighted by Gasteiger charge is -2.31. The zero-order valence-corrected chi connectivity index (χ0v) is 17.0. The maximum Gasteiger partial charge on any atom is 0.227 e. The van der Waals surface area contributed by atoms with E-state index in [1.165, 1.54) is 0 Å². The van der Waals surface area contributed by atoms with E-state index in [-0.39, 0.29) is 17.7 Å². The average Bonchev–Trinajstić information content (AvgIpc) is 2.78. The molecule has 1 N–H and O–H groups in total. The molecule has 1 fully saturated rings. The van der Waals surface area contributed by atoms with E-state index in [0.29, 0.717) is 50.3 Å². The molecular weight excluding hydrogens is 368 g/mol. The number of rotatable bonds is 7. The zero-order valence-electron chi connectivity index (χ0n) is 17.0. The molecule has 1 aliphatic rings. The second kappa shape index (κ2) is 9.96. The van der Waals surface area contributed by atoms with Crippen molar-refractivity contribution >= 4 is 17.5 Å². The Labute approximate surface area is 171 Å². The maximum absolute atomic E-state index is 12.6. The summed E-state index contributed by atoms with van der Waals surface area (Å²) in [5, 5.41) is 2.96. The Bertz CT molecular complexity index is 830. The number of nitrogens with zero attached hydrogens (tertiary/aromatic N) is 1. The van der Waals surface area contributed by atoms with Gasteiger partial charge in [-0.05, 0) is 49.1 Å². The average molecular weight is 396 g/mol. The molecule has 0 aromatic heterocycles. The lowest BCUT2D eigenvalue weighted by molar-refractivity contribution is -0.134. The Morgan fingerprint density at radius 3 is 2.34 bits per heavy atom. The second-order valence-electron chi connectivity index (χ2n) is 7.20. The molecule has 0 unspecified atom stereocenters. The zero-order chi connectivity index (χ0) is 20.6. The van der Waals surface area contributed by atoms with Crippen molar-refractivity contribution in [3.63, 3.8) is 0 Å². The molecule has 154 valence electrons. The highest BCUT2D eigenvalue weighted by atomic mass is 16.5. The molecule has 0 aliphatic carbocycles. The molecule has 2 amide bonds. The van der Waals surface area contributed by atoms with Gasteiger partial charge in [0.1, 0.15) is 0 Å². The van der Waals surface area contributed by atoms with Crippen molar-refractivity contribution in [3.8, 4) is 11.5 Å². The normalized spacial score (nSPS) is 14.3. The molecule has 0 atom stereocenters. The molecule has 0 saturated carbocycles. The molecule has 6 heteroatoms. The van der Waals surface area contributed by atoms with E-state index in [2.05, 4.69) is 5.32 Å². The third kappa shape index (κ3) is 5.50. The minimum absolute atomic E-state index is 0.0358. The fourth-order valence-electron chi connectivity index (χ4n) is 3.60. The van der Waals surface area contributed by atoms with Crippen molar-refractivity contribution in [1.29, 1.82) is 0 Å². The largest absolute Gasteiger partial charge is 0.493 e. The highest BCUT2D eigenvalue weighted by Gasteiger charge is 2.27. The van der Waals surface area contributed by atoms with Crippen LogP contribution in [0, 0.1) is 5.92 Å². The van der Waals surface area contributed by atoms with Crippen LogP contribution in [0.5, 0.6) is 11.5 Å². The van der Waals surface area contributed by atoms with Crippen LogP contribution < -0.4 is 14.8 Å². The van der Waals surface area contributed by atoms with Gasteiger partial charge in [-0.3, -0.25) is 9.59 Å². The number of hydrogen-bond donors (Lipinski definition) is 1. The summed E-state index contributed by atoms with van der Waals surface area (Å²) in [6.45, 7) is 1.25. The summed E-state index contributed by atoms with van der Waals surface area (Å²) >= 11 is 0. The van der Waals surface area contributed by atoms with Crippen molar-refractivity contribution < 1.29 is 19.1 Å². The summed E-state index contributed by atoms with van der Waals surface area (Å²) in [4.78, 5) is 26.9. The minimum Gasteiger partial charge on any atom is -0.493 e. The molecule has 3 rings (SSSR count). The van der Waals surface area contributed by atoms with Crippen molar-refractivity contribution in [1.82, 2.24) is 4.90 Å². The first-order valence-electron chi connectivity index (χ1n) is 9.95. The monoisotopic (exact) mass is 396 g/mol. The molecule has 1 saturated heterocycles. The SMILES string of the molecule is COc1ccc(CCC(=O)N2CCC(C(=O)Nc3ccccc3)CC2)cc1OC. The van der Waals surface area contributed by atoms with Crippen LogP contribution in [0.4, 0.5) is 5.69 Å². The number of benzene rings is 2. The van der Waals surface area contributed by atoms with Crippen LogP contribution in [0.25, 0.3) is 0 Å². The third-order valence-corrected chi connectivity index (χ3v) is 5.34. The number of likely N-dealkylation sites (tertiary alicyclic amines) is 1. The Morgan fingerprint density at radius 2 is 1.69 bits per heavy atom. The van der Waals surface area contributed by atoms with E-state index < -0.39 is 0 Å². The van der Waals surface area contributed by atoms with Gasteiger partial charge in [-0.15, -0.1) is 0 Å². The van der Waals surface area contributed by atoms with E-state index in [0.717, 1.165) is 11.3 Å². The van der Waals surface area contributed by atoms with Crippen molar-refractivity contribution in [3.05, 3.63) is 54.1 Å². The summed E-state index contributed by atoms with van der Waals surface area (Å²) in [6.07, 6.45) is 2.48. The molecule has 2 aromatic carbocycles. The second-order valence-corrected chi connectivity index (χ2v) is 7.20. The predicted molar refractivity (Wildman–Crippen MR) is 112 cm³/mol. The van der Waals surface area contributed by atoms with Crippen LogP contribution in [0.2, 0.25) is 0 Å². The Morgan fingerprint density at radius 1 is 1.00 bits per heavy atom. The number of piperidine rings is 1. The Hall–Kier alpha value is -3.02. The number of amides is 2. The van der Waals surface area contributed by atoms with Gasteiger partial charge >= 0.3 is 0 Å². The topological polar surface area (TPSA) is 67.9 Å². The summed E-state index contributed by atoms with van der Waals surface area (Å²) in [6, 6.07) is 15.2. The van der Waals surface area contributed by atoms with Gasteiger partial charge in [0.25, 0.3) is 0 Å². The first kappa shape index (κ1) is 20.7. The van der Waals surface area contributed by atoms with Gasteiger partial charge in [0, 0.05) is 31.1 Å². The highest BCUT2D eigenvalue weighted by Crippen LogP contribution is 2.28. The lowest BCUT2D eigenvalue weighted by atomic mass is 9.95. The van der Waals surface area contributed by atoms with E-state index in [4.69, 9.17) is 9.47 Å². The number of carbonyl (C=O) groups is 2. The maximum atomic E-state index is 12.6. The van der Waals surface area contributed by atoms with Gasteiger partial charge in [-0.25, -0.2) is 0 Å². The van der Waals surface area contributed by atoms with Gasteiger partial charge in [0.15, 0.2) is 11.5 Å². The Balaban J connectivity index is 1.46. The molecular formula is C23H28N2O4. The quantitative estimate of drug-likeness (QED) is 0.778. The summed E-state index contributed by atoms with van der Waals surface area (Å²) in [7, 11) is 3.20. The van der Waals surface area contributed by atoms with Gasteiger partial charge in [0.2, 0.25) is 11.8 Å². The lowest BCUT2D eigenvalue weighted by Crippen LogP contribution is -2.41. The number of hydrogen-bond acceptors (Lipinski definition) is 4. The van der Waals surface area contributed by atoms with Crippen LogP contribution in [-0.4, -0.2) is 44.0 Å². The predicted octanol–water partition coefficient (Wildman–Crippen LogP) is 3.51. The van der Waals surface area contributed by atoms with Crippen LogP contribution in [0.15, 0.2) is 48.5 Å². The first-order chi connectivity index (χ1) is 14.1. The summed E-state index contributed by atoms with van der Waals surface area (Å²) < 4.78 is 10.6. The molecule has 1 heterocycles. The minimum atomic E-state index is -0.0508. The van der Waals surface area contributed by atoms with Gasteiger partial charge in [0.05, 0.1) is 14.2 Å². The molecule has 0 bridgehead atoms. The molecule has 0 spiro atoms. The smallest absolute Gasteiger partial charge is 0.227 e. The molecule has 1 aliphatic heterocycles. The van der Waals surface area contributed by atoms with Crippen LogP contribution in [0.3, 0.4) is 0 Å². The summed E-state index contributed by atoms with van der Waals surface area (Å²) in [5.41, 5.74) is 1.85. The number of nitrogens with one attached hydrogen (secondary N) is 1. The fourth-order valence-corrected chi connectivity index (χ4v) is 3.60.